The third-order valence-electron chi connectivity index (χ3n) is 5.65. The van der Waals surface area contributed by atoms with Crippen molar-refractivity contribution in [3.05, 3.63) is 41.3 Å². The van der Waals surface area contributed by atoms with Gasteiger partial charge in [0.15, 0.2) is 0 Å². The van der Waals surface area contributed by atoms with Crippen molar-refractivity contribution in [1.82, 2.24) is 9.62 Å². The zero-order valence-electron chi connectivity index (χ0n) is 17.5. The van der Waals surface area contributed by atoms with Gasteiger partial charge in [-0.1, -0.05) is 13.0 Å². The Hall–Kier alpha value is -2.10. The SMILES string of the molecule is COc1ccc(OC)c(CNC(=O)[C@@H](C)C2CCN(S(=O)(=O)c3cccs3)CC2)c1. The van der Waals surface area contributed by atoms with E-state index < -0.39 is 10.0 Å². The largest absolute Gasteiger partial charge is 0.497 e. The topological polar surface area (TPSA) is 84.9 Å². The molecule has 0 unspecified atom stereocenters. The van der Waals surface area contributed by atoms with E-state index in [1.807, 2.05) is 25.1 Å². The van der Waals surface area contributed by atoms with Crippen molar-refractivity contribution in [3.8, 4) is 11.5 Å². The van der Waals surface area contributed by atoms with Gasteiger partial charge < -0.3 is 14.8 Å². The number of carbonyl (C=O) groups excluding carboxylic acids is 1. The minimum absolute atomic E-state index is 0.0422. The van der Waals surface area contributed by atoms with Crippen LogP contribution < -0.4 is 14.8 Å². The van der Waals surface area contributed by atoms with Gasteiger partial charge in [-0.15, -0.1) is 11.3 Å². The summed E-state index contributed by atoms with van der Waals surface area (Å²) in [7, 11) is -0.238. The Labute approximate surface area is 182 Å². The fraction of sp³-hybridized carbons (Fsp3) is 0.476. The van der Waals surface area contributed by atoms with Crippen molar-refractivity contribution < 1.29 is 22.7 Å². The zero-order valence-corrected chi connectivity index (χ0v) is 19.1. The summed E-state index contributed by atoms with van der Waals surface area (Å²) < 4.78 is 37.8. The smallest absolute Gasteiger partial charge is 0.252 e. The lowest BCUT2D eigenvalue weighted by Crippen LogP contribution is -2.42. The normalized spacial score (nSPS) is 16.8. The number of carbonyl (C=O) groups is 1. The predicted molar refractivity (Wildman–Crippen MR) is 116 cm³/mol. The van der Waals surface area contributed by atoms with Gasteiger partial charge in [-0.25, -0.2) is 8.42 Å². The fourth-order valence-electron chi connectivity index (χ4n) is 3.73. The summed E-state index contributed by atoms with van der Waals surface area (Å²) in [4.78, 5) is 12.7. The third-order valence-corrected chi connectivity index (χ3v) is 8.92. The second-order valence-electron chi connectivity index (χ2n) is 7.36. The minimum atomic E-state index is -3.42. The number of methoxy groups -OCH3 is 2. The van der Waals surface area contributed by atoms with E-state index in [0.717, 1.165) is 5.56 Å². The van der Waals surface area contributed by atoms with Crippen molar-refractivity contribution in [2.24, 2.45) is 11.8 Å². The number of benzene rings is 1. The number of hydrogen-bond acceptors (Lipinski definition) is 6. The molecule has 1 aliphatic heterocycles. The molecule has 0 saturated carbocycles. The summed E-state index contributed by atoms with van der Waals surface area (Å²) in [5.41, 5.74) is 0.842. The summed E-state index contributed by atoms with van der Waals surface area (Å²) in [5.74, 6) is 1.29. The molecular weight excluding hydrogens is 424 g/mol. The van der Waals surface area contributed by atoms with Gasteiger partial charge in [-0.3, -0.25) is 4.79 Å². The highest BCUT2D eigenvalue weighted by Gasteiger charge is 2.33. The van der Waals surface area contributed by atoms with Gasteiger partial charge in [-0.2, -0.15) is 4.31 Å². The van der Waals surface area contributed by atoms with Crippen LogP contribution in [-0.2, 0) is 21.4 Å². The van der Waals surface area contributed by atoms with Crippen molar-refractivity contribution in [2.45, 2.75) is 30.5 Å². The van der Waals surface area contributed by atoms with Crippen LogP contribution in [0.25, 0.3) is 0 Å². The number of nitrogens with one attached hydrogen (secondary N) is 1. The van der Waals surface area contributed by atoms with E-state index in [4.69, 9.17) is 9.47 Å². The molecule has 1 N–H and O–H groups in total. The standard InChI is InChI=1S/C21H28N2O5S2/c1-15(21(24)22-14-17-13-18(27-2)6-7-19(17)28-3)16-8-10-23(11-9-16)30(25,26)20-5-4-12-29-20/h4-7,12-13,15-16H,8-11,14H2,1-3H3,(H,22,24)/t15-/m0/s1. The highest BCUT2D eigenvalue weighted by molar-refractivity contribution is 7.91. The molecule has 30 heavy (non-hydrogen) atoms. The lowest BCUT2D eigenvalue weighted by Gasteiger charge is -2.33. The van der Waals surface area contributed by atoms with Crippen LogP contribution in [0.4, 0.5) is 0 Å². The van der Waals surface area contributed by atoms with Gasteiger partial charge in [-0.05, 0) is 48.4 Å². The van der Waals surface area contributed by atoms with E-state index >= 15 is 0 Å². The Balaban J connectivity index is 1.55. The second kappa shape index (κ2) is 9.80. The lowest BCUT2D eigenvalue weighted by molar-refractivity contribution is -0.126. The first-order chi connectivity index (χ1) is 14.4. The van der Waals surface area contributed by atoms with E-state index in [9.17, 15) is 13.2 Å². The molecule has 2 heterocycles. The molecule has 1 amide bonds. The maximum absolute atomic E-state index is 12.7. The van der Waals surface area contributed by atoms with Gasteiger partial charge in [0.05, 0.1) is 14.2 Å². The third kappa shape index (κ3) is 4.96. The molecule has 1 aromatic carbocycles. The number of sulfonamides is 1. The average Bonchev–Trinajstić information content (AvgIpc) is 3.32. The fourth-order valence-corrected chi connectivity index (χ4v) is 6.35. The van der Waals surface area contributed by atoms with Crippen LogP contribution in [0.15, 0.2) is 39.9 Å². The second-order valence-corrected chi connectivity index (χ2v) is 10.5. The Bertz CT molecular complexity index is 952. The van der Waals surface area contributed by atoms with Crippen molar-refractivity contribution in [1.29, 1.82) is 0 Å². The monoisotopic (exact) mass is 452 g/mol. The molecule has 3 rings (SSSR count). The molecule has 1 aliphatic rings. The zero-order chi connectivity index (χ0) is 21.7. The van der Waals surface area contributed by atoms with Gasteiger partial charge in [0.25, 0.3) is 10.0 Å². The number of ether oxygens (including phenoxy) is 2. The predicted octanol–water partition coefficient (Wildman–Crippen LogP) is 3.12. The lowest BCUT2D eigenvalue weighted by atomic mass is 9.85. The molecule has 2 aromatic rings. The molecule has 9 heteroatoms. The number of amides is 1. The highest BCUT2D eigenvalue weighted by atomic mass is 32.2. The van der Waals surface area contributed by atoms with Gasteiger partial charge >= 0.3 is 0 Å². The summed E-state index contributed by atoms with van der Waals surface area (Å²) in [6.07, 6.45) is 1.34. The van der Waals surface area contributed by atoms with Crippen molar-refractivity contribution in [2.75, 3.05) is 27.3 Å². The number of thiophene rings is 1. The number of hydrogen-bond donors (Lipinski definition) is 1. The Morgan fingerprint density at radius 2 is 1.97 bits per heavy atom. The maximum Gasteiger partial charge on any atom is 0.252 e. The molecule has 0 spiro atoms. The highest BCUT2D eigenvalue weighted by Crippen LogP contribution is 2.30. The van der Waals surface area contributed by atoms with Crippen LogP contribution in [0, 0.1) is 11.8 Å². The maximum atomic E-state index is 12.7. The molecule has 164 valence electrons. The Morgan fingerprint density at radius 3 is 2.57 bits per heavy atom. The Kier molecular flexibility index (Phi) is 7.38. The summed E-state index contributed by atoms with van der Waals surface area (Å²) in [6, 6.07) is 8.85. The molecule has 1 aromatic heterocycles. The first-order valence-corrected chi connectivity index (χ1v) is 12.2. The van der Waals surface area contributed by atoms with Crippen LogP contribution in [0.2, 0.25) is 0 Å². The molecule has 0 aliphatic carbocycles. The van der Waals surface area contributed by atoms with Crippen molar-refractivity contribution in [3.63, 3.8) is 0 Å². The molecule has 0 radical (unpaired) electrons. The number of piperidine rings is 1. The van der Waals surface area contributed by atoms with Gasteiger partial charge in [0, 0.05) is 31.1 Å². The van der Waals surface area contributed by atoms with Crippen LogP contribution in [0.1, 0.15) is 25.3 Å². The van der Waals surface area contributed by atoms with E-state index in [0.29, 0.717) is 48.2 Å². The van der Waals surface area contributed by atoms with E-state index in [1.165, 1.54) is 15.6 Å². The van der Waals surface area contributed by atoms with Crippen molar-refractivity contribution >= 4 is 27.3 Å². The van der Waals surface area contributed by atoms with Crippen LogP contribution in [-0.4, -0.2) is 45.9 Å². The molecule has 0 bridgehead atoms. The van der Waals surface area contributed by atoms with Gasteiger partial charge in [0.2, 0.25) is 5.91 Å². The summed E-state index contributed by atoms with van der Waals surface area (Å²) in [6.45, 7) is 3.12. The van der Waals surface area contributed by atoms with Gasteiger partial charge in [0.1, 0.15) is 15.7 Å². The molecule has 1 saturated heterocycles. The van der Waals surface area contributed by atoms with E-state index in [2.05, 4.69) is 5.32 Å². The average molecular weight is 453 g/mol. The number of rotatable bonds is 8. The molecule has 7 nitrogen and oxygen atoms in total. The quantitative estimate of drug-likeness (QED) is 0.665. The first-order valence-electron chi connectivity index (χ1n) is 9.89. The van der Waals surface area contributed by atoms with E-state index in [1.54, 1.807) is 31.7 Å². The summed E-state index contributed by atoms with van der Waals surface area (Å²) >= 11 is 1.23. The molecule has 1 atom stereocenters. The molecule has 1 fully saturated rings. The van der Waals surface area contributed by atoms with E-state index in [-0.39, 0.29) is 17.7 Å². The Morgan fingerprint density at radius 1 is 1.23 bits per heavy atom. The van der Waals surface area contributed by atoms with Crippen LogP contribution in [0.5, 0.6) is 11.5 Å². The van der Waals surface area contributed by atoms with Crippen LogP contribution >= 0.6 is 11.3 Å². The molecular formula is C21H28N2O5S2. The van der Waals surface area contributed by atoms with Crippen LogP contribution in [0.3, 0.4) is 0 Å². The minimum Gasteiger partial charge on any atom is -0.497 e. The summed E-state index contributed by atoms with van der Waals surface area (Å²) in [5, 5.41) is 4.75. The number of nitrogens with zero attached hydrogens (tertiary/aromatic N) is 1. The first kappa shape index (κ1) is 22.6.